The fourth-order valence-corrected chi connectivity index (χ4v) is 2.49. The van der Waals surface area contributed by atoms with Crippen LogP contribution >= 0.6 is 0 Å². The molecule has 0 heterocycles. The molecule has 0 radical (unpaired) electrons. The molecule has 0 bridgehead atoms. The van der Waals surface area contributed by atoms with E-state index in [-0.39, 0.29) is 0 Å². The van der Waals surface area contributed by atoms with Crippen LogP contribution in [0.4, 0.5) is 0 Å². The van der Waals surface area contributed by atoms with Crippen molar-refractivity contribution in [3.8, 4) is 0 Å². The third kappa shape index (κ3) is 15.6. The maximum Gasteiger partial charge on any atom is 0.132 e. The molecule has 0 spiro atoms. The highest BCUT2D eigenvalue weighted by Gasteiger charge is 2.00. The summed E-state index contributed by atoms with van der Waals surface area (Å²) >= 11 is 0. The van der Waals surface area contributed by atoms with E-state index in [4.69, 9.17) is 0 Å². The van der Waals surface area contributed by atoms with E-state index >= 15 is 0 Å². The molecule has 0 aromatic rings. The number of hydrogen-bond acceptors (Lipinski definition) is 1. The second kappa shape index (κ2) is 15.7. The zero-order valence-corrected chi connectivity index (χ0v) is 13.5. The van der Waals surface area contributed by atoms with Crippen molar-refractivity contribution < 1.29 is 4.79 Å². The average molecular weight is 268 g/mol. The Morgan fingerprint density at radius 3 is 1.37 bits per heavy atom. The first-order valence-electron chi connectivity index (χ1n) is 8.83. The molecule has 0 aliphatic rings. The Kier molecular flexibility index (Phi) is 15.5. The number of rotatable bonds is 15. The van der Waals surface area contributed by atoms with E-state index in [9.17, 15) is 4.79 Å². The number of Topliss-reactive ketones (excluding diaryl/α,β-unsaturated/α-hetero) is 1. The summed E-state index contributed by atoms with van der Waals surface area (Å²) in [5.41, 5.74) is 0. The smallest absolute Gasteiger partial charge is 0.132 e. The highest BCUT2D eigenvalue weighted by molar-refractivity contribution is 5.78. The van der Waals surface area contributed by atoms with Crippen LogP contribution in [0.1, 0.15) is 110 Å². The molecule has 1 nitrogen and oxygen atoms in total. The van der Waals surface area contributed by atoms with Crippen LogP contribution in [0, 0.1) is 0 Å². The third-order valence-electron chi connectivity index (χ3n) is 3.87. The largest absolute Gasteiger partial charge is 0.300 e. The van der Waals surface area contributed by atoms with Gasteiger partial charge in [0, 0.05) is 12.8 Å². The van der Waals surface area contributed by atoms with E-state index in [2.05, 4.69) is 13.8 Å². The number of unbranched alkanes of at least 4 members (excludes halogenated alkanes) is 11. The molecule has 0 fully saturated rings. The monoisotopic (exact) mass is 268 g/mol. The summed E-state index contributed by atoms with van der Waals surface area (Å²) < 4.78 is 0. The zero-order valence-electron chi connectivity index (χ0n) is 13.5. The Morgan fingerprint density at radius 1 is 0.526 bits per heavy atom. The lowest BCUT2D eigenvalue weighted by Gasteiger charge is -2.02. The fraction of sp³-hybridized carbons (Fsp3) is 0.944. The van der Waals surface area contributed by atoms with Gasteiger partial charge < -0.3 is 0 Å². The maximum atomic E-state index is 11.5. The minimum absolute atomic E-state index is 0.484. The average Bonchev–Trinajstić information content (AvgIpc) is 2.42. The Morgan fingerprint density at radius 2 is 0.895 bits per heavy atom. The normalized spacial score (nSPS) is 10.8. The summed E-state index contributed by atoms with van der Waals surface area (Å²) in [6, 6.07) is 0. The topological polar surface area (TPSA) is 17.1 Å². The van der Waals surface area contributed by atoms with E-state index in [0.717, 1.165) is 32.1 Å². The molecule has 0 aromatic carbocycles. The van der Waals surface area contributed by atoms with Gasteiger partial charge in [-0.1, -0.05) is 84.5 Å². The first kappa shape index (κ1) is 18.7. The van der Waals surface area contributed by atoms with Gasteiger partial charge in [0.2, 0.25) is 0 Å². The molecule has 0 aliphatic heterocycles. The molecule has 1 heteroatoms. The van der Waals surface area contributed by atoms with Gasteiger partial charge in [-0.2, -0.15) is 0 Å². The molecule has 0 aliphatic carbocycles. The lowest BCUT2D eigenvalue weighted by Crippen LogP contribution is -1.96. The first-order valence-corrected chi connectivity index (χ1v) is 8.83. The van der Waals surface area contributed by atoms with Crippen molar-refractivity contribution in [3.63, 3.8) is 0 Å². The third-order valence-corrected chi connectivity index (χ3v) is 3.87. The van der Waals surface area contributed by atoms with Gasteiger partial charge >= 0.3 is 0 Å². The number of hydrogen-bond donors (Lipinski definition) is 0. The van der Waals surface area contributed by atoms with Crippen LogP contribution in [0.3, 0.4) is 0 Å². The summed E-state index contributed by atoms with van der Waals surface area (Å²) in [4.78, 5) is 11.5. The molecule has 19 heavy (non-hydrogen) atoms. The number of carbonyl (C=O) groups is 1. The Balaban J connectivity index is 3.04. The summed E-state index contributed by atoms with van der Waals surface area (Å²) in [5.74, 6) is 0.484. The van der Waals surface area contributed by atoms with Gasteiger partial charge in [0.25, 0.3) is 0 Å². The molecule has 0 atom stereocenters. The predicted molar refractivity (Wildman–Crippen MR) is 85.6 cm³/mol. The molecule has 0 unspecified atom stereocenters. The van der Waals surface area contributed by atoms with Crippen molar-refractivity contribution in [2.24, 2.45) is 0 Å². The molecule has 0 rings (SSSR count). The van der Waals surface area contributed by atoms with E-state index in [0.29, 0.717) is 5.78 Å². The van der Waals surface area contributed by atoms with E-state index in [1.54, 1.807) is 0 Å². The zero-order chi connectivity index (χ0) is 14.2. The summed E-state index contributed by atoms with van der Waals surface area (Å²) in [5, 5.41) is 0. The van der Waals surface area contributed by atoms with E-state index in [1.807, 2.05) is 0 Å². The summed E-state index contributed by atoms with van der Waals surface area (Å²) in [6.07, 6.45) is 18.8. The van der Waals surface area contributed by atoms with Crippen molar-refractivity contribution in [2.45, 2.75) is 110 Å². The minimum Gasteiger partial charge on any atom is -0.300 e. The van der Waals surface area contributed by atoms with E-state index in [1.165, 1.54) is 64.2 Å². The highest BCUT2D eigenvalue weighted by atomic mass is 16.1. The minimum atomic E-state index is 0.484. The SMILES string of the molecule is CCCCCCCCCCCCCC(=O)CCCC. The summed E-state index contributed by atoms with van der Waals surface area (Å²) in [6.45, 7) is 4.42. The molecule has 0 aromatic heterocycles. The second-order valence-electron chi connectivity index (χ2n) is 5.93. The first-order chi connectivity index (χ1) is 9.31. The van der Waals surface area contributed by atoms with Gasteiger partial charge in [-0.15, -0.1) is 0 Å². The van der Waals surface area contributed by atoms with Gasteiger partial charge in [0.1, 0.15) is 5.78 Å². The Labute approximate surface area is 121 Å². The van der Waals surface area contributed by atoms with Crippen molar-refractivity contribution in [1.29, 1.82) is 0 Å². The van der Waals surface area contributed by atoms with E-state index < -0.39 is 0 Å². The molecule has 0 saturated carbocycles. The van der Waals surface area contributed by atoms with Crippen LogP contribution in [0.5, 0.6) is 0 Å². The van der Waals surface area contributed by atoms with Crippen LogP contribution in [0.2, 0.25) is 0 Å². The predicted octanol–water partition coefficient (Wildman–Crippen LogP) is 6.45. The van der Waals surface area contributed by atoms with Gasteiger partial charge in [0.05, 0.1) is 0 Å². The molecular weight excluding hydrogens is 232 g/mol. The van der Waals surface area contributed by atoms with Crippen molar-refractivity contribution in [2.75, 3.05) is 0 Å². The molecule has 0 amide bonds. The van der Waals surface area contributed by atoms with Crippen LogP contribution in [0.25, 0.3) is 0 Å². The number of carbonyl (C=O) groups excluding carboxylic acids is 1. The molecule has 0 saturated heterocycles. The highest BCUT2D eigenvalue weighted by Crippen LogP contribution is 2.12. The Hall–Kier alpha value is -0.330. The summed E-state index contributed by atoms with van der Waals surface area (Å²) in [7, 11) is 0. The fourth-order valence-electron chi connectivity index (χ4n) is 2.49. The standard InChI is InChI=1S/C18H36O/c1-3-5-7-8-9-10-11-12-13-14-15-17-18(19)16-6-4-2/h3-17H2,1-2H3. The van der Waals surface area contributed by atoms with Crippen molar-refractivity contribution in [1.82, 2.24) is 0 Å². The molecular formula is C18H36O. The van der Waals surface area contributed by atoms with Crippen LogP contribution in [-0.2, 0) is 4.79 Å². The second-order valence-corrected chi connectivity index (χ2v) is 5.93. The molecule has 0 N–H and O–H groups in total. The van der Waals surface area contributed by atoms with Crippen LogP contribution < -0.4 is 0 Å². The van der Waals surface area contributed by atoms with Gasteiger partial charge in [-0.05, 0) is 12.8 Å². The van der Waals surface area contributed by atoms with Crippen molar-refractivity contribution >= 4 is 5.78 Å². The Bertz CT molecular complexity index is 186. The quantitative estimate of drug-likeness (QED) is 0.312. The molecule has 114 valence electrons. The van der Waals surface area contributed by atoms with Crippen molar-refractivity contribution in [3.05, 3.63) is 0 Å². The lowest BCUT2D eigenvalue weighted by molar-refractivity contribution is -0.119. The lowest BCUT2D eigenvalue weighted by atomic mass is 10.0. The van der Waals surface area contributed by atoms with Gasteiger partial charge in [-0.3, -0.25) is 4.79 Å². The maximum absolute atomic E-state index is 11.5. The van der Waals surface area contributed by atoms with Crippen LogP contribution in [-0.4, -0.2) is 5.78 Å². The van der Waals surface area contributed by atoms with Crippen LogP contribution in [0.15, 0.2) is 0 Å². The number of ketones is 1. The van der Waals surface area contributed by atoms with Gasteiger partial charge in [-0.25, -0.2) is 0 Å². The van der Waals surface area contributed by atoms with Gasteiger partial charge in [0.15, 0.2) is 0 Å².